The Bertz CT molecular complexity index is 1170. The van der Waals surface area contributed by atoms with Crippen molar-refractivity contribution in [1.29, 1.82) is 0 Å². The van der Waals surface area contributed by atoms with E-state index in [-0.39, 0.29) is 12.5 Å². The number of anilines is 1. The molecule has 0 N–H and O–H groups in total. The van der Waals surface area contributed by atoms with Crippen molar-refractivity contribution in [3.63, 3.8) is 0 Å². The quantitative estimate of drug-likeness (QED) is 0.381. The number of methoxy groups -OCH3 is 2. The summed E-state index contributed by atoms with van der Waals surface area (Å²) in [6.45, 7) is 4.47. The third-order valence-corrected chi connectivity index (χ3v) is 5.97. The van der Waals surface area contributed by atoms with Crippen molar-refractivity contribution >= 4 is 28.9 Å². The molecule has 0 saturated heterocycles. The summed E-state index contributed by atoms with van der Waals surface area (Å²) in [7, 11) is 3.12. The number of ether oxygens (including phenoxy) is 3. The summed E-state index contributed by atoms with van der Waals surface area (Å²) in [6.07, 6.45) is 1.71. The highest BCUT2D eigenvalue weighted by Crippen LogP contribution is 2.43. The van der Waals surface area contributed by atoms with Crippen LogP contribution in [-0.2, 0) is 14.3 Å². The van der Waals surface area contributed by atoms with Gasteiger partial charge in [0, 0.05) is 6.54 Å². The summed E-state index contributed by atoms with van der Waals surface area (Å²) in [5.74, 6) is -0.280. The van der Waals surface area contributed by atoms with E-state index in [2.05, 4.69) is 6.92 Å². The summed E-state index contributed by atoms with van der Waals surface area (Å²) in [4.78, 5) is 33.4. The van der Waals surface area contributed by atoms with Crippen LogP contribution in [-0.4, -0.2) is 48.8 Å². The van der Waals surface area contributed by atoms with Gasteiger partial charge < -0.3 is 18.8 Å². The zero-order chi connectivity index (χ0) is 23.5. The number of unbranched alkanes of at least 4 members (excludes halogenated alkanes) is 1. The number of hydrogen-bond donors (Lipinski definition) is 0. The average molecular weight is 452 g/mol. The third kappa shape index (κ3) is 3.90. The minimum absolute atomic E-state index is 0.188. The molecule has 8 nitrogen and oxygen atoms in total. The predicted octanol–water partition coefficient (Wildman–Crippen LogP) is 3.97. The number of fused-ring (bicyclic) bond motifs is 3. The Balaban J connectivity index is 1.98. The molecule has 1 aliphatic heterocycles. The summed E-state index contributed by atoms with van der Waals surface area (Å²) >= 11 is 0. The van der Waals surface area contributed by atoms with Crippen molar-refractivity contribution in [2.24, 2.45) is 5.92 Å². The highest BCUT2D eigenvalue weighted by molar-refractivity contribution is 6.08. The highest BCUT2D eigenvalue weighted by atomic mass is 16.5. The molecule has 0 fully saturated rings. The Morgan fingerprint density at radius 2 is 1.82 bits per heavy atom. The molecule has 1 aliphatic rings. The molecule has 1 aromatic heterocycles. The minimum Gasteiger partial charge on any atom is -0.493 e. The molecule has 174 valence electrons. The van der Waals surface area contributed by atoms with Gasteiger partial charge in [-0.2, -0.15) is 0 Å². The fourth-order valence-electron chi connectivity index (χ4n) is 4.41. The maximum Gasteiger partial charge on any atom is 0.321 e. The van der Waals surface area contributed by atoms with Crippen LogP contribution in [0.15, 0.2) is 42.5 Å². The Kier molecular flexibility index (Phi) is 6.53. The van der Waals surface area contributed by atoms with E-state index in [0.29, 0.717) is 24.0 Å². The number of hydrogen-bond acceptors (Lipinski definition) is 6. The number of rotatable bonds is 8. The van der Waals surface area contributed by atoms with Gasteiger partial charge in [-0.05, 0) is 43.2 Å². The van der Waals surface area contributed by atoms with E-state index in [1.165, 1.54) is 0 Å². The van der Waals surface area contributed by atoms with Crippen LogP contribution in [0.1, 0.15) is 38.3 Å². The van der Waals surface area contributed by atoms with Crippen LogP contribution in [0.3, 0.4) is 0 Å². The molecule has 0 spiro atoms. The van der Waals surface area contributed by atoms with Gasteiger partial charge in [0.2, 0.25) is 11.9 Å². The summed E-state index contributed by atoms with van der Waals surface area (Å²) < 4.78 is 18.3. The summed E-state index contributed by atoms with van der Waals surface area (Å²) in [5, 5.41) is 0. The molecule has 2 atom stereocenters. The molecule has 2 heterocycles. The number of benzene rings is 2. The second-order valence-corrected chi connectivity index (χ2v) is 7.90. The zero-order valence-electron chi connectivity index (χ0n) is 19.4. The predicted molar refractivity (Wildman–Crippen MR) is 125 cm³/mol. The molecular weight excluding hydrogens is 422 g/mol. The number of imidazole rings is 1. The Labute approximate surface area is 193 Å². The van der Waals surface area contributed by atoms with Crippen molar-refractivity contribution in [3.8, 4) is 11.5 Å². The smallest absolute Gasteiger partial charge is 0.321 e. The van der Waals surface area contributed by atoms with Crippen LogP contribution >= 0.6 is 0 Å². The van der Waals surface area contributed by atoms with Crippen LogP contribution in [0.5, 0.6) is 11.5 Å². The van der Waals surface area contributed by atoms with Gasteiger partial charge >= 0.3 is 5.97 Å². The van der Waals surface area contributed by atoms with Crippen LogP contribution in [0, 0.1) is 5.92 Å². The van der Waals surface area contributed by atoms with Crippen molar-refractivity contribution in [1.82, 2.24) is 9.55 Å². The van der Waals surface area contributed by atoms with Gasteiger partial charge in [0.15, 0.2) is 17.4 Å². The number of esters is 1. The van der Waals surface area contributed by atoms with Gasteiger partial charge in [-0.1, -0.05) is 31.5 Å². The maximum atomic E-state index is 13.8. The van der Waals surface area contributed by atoms with E-state index in [0.717, 1.165) is 29.4 Å². The normalized spacial score (nSPS) is 17.7. The lowest BCUT2D eigenvalue weighted by molar-refractivity contribution is -0.153. The number of nitrogens with zero attached hydrogens (tertiary/aromatic N) is 3. The van der Waals surface area contributed by atoms with Gasteiger partial charge in [-0.3, -0.25) is 14.5 Å². The molecule has 4 rings (SSSR count). The molecule has 0 bridgehead atoms. The molecule has 0 unspecified atom stereocenters. The van der Waals surface area contributed by atoms with E-state index in [9.17, 15) is 9.59 Å². The molecular formula is C25H29N3O5. The highest BCUT2D eigenvalue weighted by Gasteiger charge is 2.47. The van der Waals surface area contributed by atoms with Crippen molar-refractivity contribution < 1.29 is 23.8 Å². The van der Waals surface area contributed by atoms with Gasteiger partial charge in [-0.25, -0.2) is 4.98 Å². The molecule has 0 radical (unpaired) electrons. The van der Waals surface area contributed by atoms with Gasteiger partial charge in [0.25, 0.3) is 0 Å². The number of carbonyl (C=O) groups excluding carboxylic acids is 2. The molecule has 33 heavy (non-hydrogen) atoms. The van der Waals surface area contributed by atoms with Crippen LogP contribution < -0.4 is 14.4 Å². The molecule has 0 aliphatic carbocycles. The van der Waals surface area contributed by atoms with Crippen molar-refractivity contribution in [3.05, 3.63) is 48.0 Å². The second-order valence-electron chi connectivity index (χ2n) is 7.90. The van der Waals surface area contributed by atoms with Gasteiger partial charge in [0.1, 0.15) is 0 Å². The Morgan fingerprint density at radius 3 is 2.52 bits per heavy atom. The first-order chi connectivity index (χ1) is 16.0. The monoisotopic (exact) mass is 451 g/mol. The first kappa shape index (κ1) is 22.6. The summed E-state index contributed by atoms with van der Waals surface area (Å²) in [6, 6.07) is 12.5. The molecule has 3 aromatic rings. The number of amides is 1. The first-order valence-electron chi connectivity index (χ1n) is 11.2. The van der Waals surface area contributed by atoms with E-state index < -0.39 is 17.9 Å². The lowest BCUT2D eigenvalue weighted by atomic mass is 9.89. The first-order valence-corrected chi connectivity index (χ1v) is 11.2. The number of aromatic nitrogens is 2. The molecule has 2 aromatic carbocycles. The van der Waals surface area contributed by atoms with Crippen LogP contribution in [0.2, 0.25) is 0 Å². The molecule has 0 saturated carbocycles. The largest absolute Gasteiger partial charge is 0.493 e. The fraction of sp³-hybridized carbons (Fsp3) is 0.400. The third-order valence-electron chi connectivity index (χ3n) is 5.97. The van der Waals surface area contributed by atoms with Crippen molar-refractivity contribution in [2.75, 3.05) is 32.3 Å². The van der Waals surface area contributed by atoms with E-state index >= 15 is 0 Å². The van der Waals surface area contributed by atoms with Gasteiger partial charge in [0.05, 0.1) is 37.9 Å². The fourth-order valence-corrected chi connectivity index (χ4v) is 4.41. The maximum absolute atomic E-state index is 13.8. The molecule has 1 amide bonds. The van der Waals surface area contributed by atoms with Gasteiger partial charge in [-0.15, -0.1) is 0 Å². The Hall–Kier alpha value is -3.55. The topological polar surface area (TPSA) is 82.9 Å². The summed E-state index contributed by atoms with van der Waals surface area (Å²) in [5.41, 5.74) is 2.34. The molecule has 8 heteroatoms. The second kappa shape index (κ2) is 9.52. The van der Waals surface area contributed by atoms with E-state index in [4.69, 9.17) is 19.2 Å². The van der Waals surface area contributed by atoms with E-state index in [1.807, 2.05) is 41.0 Å². The van der Waals surface area contributed by atoms with E-state index in [1.54, 1.807) is 32.1 Å². The number of carbonyl (C=O) groups is 2. The minimum atomic E-state index is -1.05. The lowest BCUT2D eigenvalue weighted by Crippen LogP contribution is -2.50. The SMILES string of the molecule is CCCCN1C(=O)[C@@H](C(=O)OCC)[C@@H](c2ccc(OC)c(OC)c2)n2c1nc1ccccc12. The standard InChI is InChI=1S/C25H29N3O5/c1-5-7-14-27-23(29)21(24(30)33-6-2)22(16-12-13-19(31-3)20(15-16)32-4)28-18-11-9-8-10-17(18)26-25(27)28/h8-13,15,21-22H,5-7,14H2,1-4H3/t21-,22+/m0/s1. The van der Waals surface area contributed by atoms with Crippen LogP contribution in [0.4, 0.5) is 5.95 Å². The van der Waals surface area contributed by atoms with Crippen molar-refractivity contribution in [2.45, 2.75) is 32.7 Å². The average Bonchev–Trinajstić information content (AvgIpc) is 3.21. The Morgan fingerprint density at radius 1 is 1.06 bits per heavy atom. The van der Waals surface area contributed by atoms with Crippen LogP contribution in [0.25, 0.3) is 11.0 Å². The number of para-hydroxylation sites is 2. The lowest BCUT2D eigenvalue weighted by Gasteiger charge is -2.38. The zero-order valence-corrected chi connectivity index (χ0v) is 19.4.